The molecule has 0 unspecified atom stereocenters. The Kier molecular flexibility index (Phi) is 3.59. The first-order valence-corrected chi connectivity index (χ1v) is 7.56. The normalized spacial score (nSPS) is 19.1. The second-order valence-electron chi connectivity index (χ2n) is 6.52. The lowest BCUT2D eigenvalue weighted by atomic mass is 9.99. The molecule has 112 valence electrons. The van der Waals surface area contributed by atoms with Crippen LogP contribution in [0.3, 0.4) is 0 Å². The molecule has 0 radical (unpaired) electrons. The number of likely N-dealkylation sites (N-methyl/N-ethyl adjacent to an activating group) is 1. The average molecular weight is 284 g/mol. The van der Waals surface area contributed by atoms with Crippen molar-refractivity contribution in [1.82, 2.24) is 9.88 Å². The maximum absolute atomic E-state index is 5.94. The van der Waals surface area contributed by atoms with Gasteiger partial charge in [0.1, 0.15) is 5.82 Å². The summed E-state index contributed by atoms with van der Waals surface area (Å²) in [6, 6.07) is 10.4. The standard InChI is InChI=1S/C17H24N4/c1-17(2)12-21(9-8-20(17)3)16-10-13(11-18)14-6-4-5-7-15(14)19-16/h4-7,10H,8-9,11-12,18H2,1-3H3. The van der Waals surface area contributed by atoms with Crippen LogP contribution in [-0.2, 0) is 6.54 Å². The number of rotatable bonds is 2. The molecule has 4 heteroatoms. The Morgan fingerprint density at radius 1 is 1.24 bits per heavy atom. The zero-order valence-electron chi connectivity index (χ0n) is 13.1. The number of aromatic nitrogens is 1. The van der Waals surface area contributed by atoms with Crippen LogP contribution in [0.25, 0.3) is 10.9 Å². The van der Waals surface area contributed by atoms with Crippen LogP contribution in [0.15, 0.2) is 30.3 Å². The maximum Gasteiger partial charge on any atom is 0.129 e. The predicted molar refractivity (Wildman–Crippen MR) is 88.6 cm³/mol. The van der Waals surface area contributed by atoms with Crippen molar-refractivity contribution < 1.29 is 0 Å². The molecule has 0 spiro atoms. The Bertz CT molecular complexity index is 650. The van der Waals surface area contributed by atoms with E-state index in [1.165, 1.54) is 5.56 Å². The van der Waals surface area contributed by atoms with Gasteiger partial charge in [-0.2, -0.15) is 0 Å². The van der Waals surface area contributed by atoms with Gasteiger partial charge in [0, 0.05) is 37.1 Å². The van der Waals surface area contributed by atoms with E-state index in [1.54, 1.807) is 0 Å². The maximum atomic E-state index is 5.94. The van der Waals surface area contributed by atoms with Crippen LogP contribution < -0.4 is 10.6 Å². The highest BCUT2D eigenvalue weighted by atomic mass is 15.3. The minimum absolute atomic E-state index is 0.161. The summed E-state index contributed by atoms with van der Waals surface area (Å²) >= 11 is 0. The summed E-state index contributed by atoms with van der Waals surface area (Å²) in [7, 11) is 2.19. The van der Waals surface area contributed by atoms with E-state index in [9.17, 15) is 0 Å². The van der Waals surface area contributed by atoms with Crippen LogP contribution in [0.1, 0.15) is 19.4 Å². The van der Waals surface area contributed by atoms with E-state index >= 15 is 0 Å². The first kappa shape index (κ1) is 14.3. The molecule has 0 saturated carbocycles. The third-order valence-corrected chi connectivity index (χ3v) is 4.65. The monoisotopic (exact) mass is 284 g/mol. The summed E-state index contributed by atoms with van der Waals surface area (Å²) in [5, 5.41) is 1.16. The first-order chi connectivity index (χ1) is 10.0. The molecular formula is C17H24N4. The van der Waals surface area contributed by atoms with Crippen LogP contribution >= 0.6 is 0 Å². The van der Waals surface area contributed by atoms with Crippen molar-refractivity contribution in [1.29, 1.82) is 0 Å². The fourth-order valence-electron chi connectivity index (χ4n) is 3.00. The van der Waals surface area contributed by atoms with Crippen molar-refractivity contribution >= 4 is 16.7 Å². The van der Waals surface area contributed by atoms with Gasteiger partial charge in [0.25, 0.3) is 0 Å². The largest absolute Gasteiger partial charge is 0.353 e. The Morgan fingerprint density at radius 3 is 2.71 bits per heavy atom. The zero-order valence-corrected chi connectivity index (χ0v) is 13.1. The number of pyridine rings is 1. The van der Waals surface area contributed by atoms with Crippen LogP contribution in [0.4, 0.5) is 5.82 Å². The van der Waals surface area contributed by atoms with Gasteiger partial charge < -0.3 is 10.6 Å². The minimum atomic E-state index is 0.161. The molecule has 1 aromatic carbocycles. The Labute approximate surface area is 126 Å². The van der Waals surface area contributed by atoms with Gasteiger partial charge in [0.2, 0.25) is 0 Å². The number of nitrogens with two attached hydrogens (primary N) is 1. The summed E-state index contributed by atoms with van der Waals surface area (Å²) in [5.41, 5.74) is 8.30. The summed E-state index contributed by atoms with van der Waals surface area (Å²) in [4.78, 5) is 9.64. The van der Waals surface area contributed by atoms with E-state index in [1.807, 2.05) is 12.1 Å². The summed E-state index contributed by atoms with van der Waals surface area (Å²) in [6.07, 6.45) is 0. The molecular weight excluding hydrogens is 260 g/mol. The zero-order chi connectivity index (χ0) is 15.0. The van der Waals surface area contributed by atoms with E-state index in [0.717, 1.165) is 36.4 Å². The lowest BCUT2D eigenvalue weighted by Crippen LogP contribution is -2.57. The topological polar surface area (TPSA) is 45.4 Å². The summed E-state index contributed by atoms with van der Waals surface area (Å²) < 4.78 is 0. The number of hydrogen-bond donors (Lipinski definition) is 1. The Balaban J connectivity index is 2.01. The van der Waals surface area contributed by atoms with Gasteiger partial charge in [-0.15, -0.1) is 0 Å². The van der Waals surface area contributed by atoms with Crippen molar-refractivity contribution in [2.45, 2.75) is 25.9 Å². The molecule has 1 fully saturated rings. The van der Waals surface area contributed by atoms with Crippen LogP contribution in [0, 0.1) is 0 Å². The lowest BCUT2D eigenvalue weighted by molar-refractivity contribution is 0.138. The van der Waals surface area contributed by atoms with Gasteiger partial charge in [0.15, 0.2) is 0 Å². The molecule has 3 rings (SSSR count). The third kappa shape index (κ3) is 2.61. The third-order valence-electron chi connectivity index (χ3n) is 4.65. The van der Waals surface area contributed by atoms with E-state index in [2.05, 4.69) is 48.9 Å². The van der Waals surface area contributed by atoms with Crippen LogP contribution in [-0.4, -0.2) is 42.1 Å². The molecule has 2 N–H and O–H groups in total. The highest BCUT2D eigenvalue weighted by Crippen LogP contribution is 2.27. The summed E-state index contributed by atoms with van der Waals surface area (Å²) in [6.45, 7) is 8.16. The van der Waals surface area contributed by atoms with E-state index in [0.29, 0.717) is 6.54 Å². The predicted octanol–water partition coefficient (Wildman–Crippen LogP) is 2.22. The molecule has 1 aromatic heterocycles. The summed E-state index contributed by atoms with van der Waals surface area (Å²) in [5.74, 6) is 1.05. The van der Waals surface area contributed by atoms with Crippen LogP contribution in [0.5, 0.6) is 0 Å². The van der Waals surface area contributed by atoms with Gasteiger partial charge in [0.05, 0.1) is 5.52 Å². The molecule has 1 aliphatic rings. The molecule has 4 nitrogen and oxygen atoms in total. The van der Waals surface area contributed by atoms with Gasteiger partial charge in [-0.05, 0) is 38.6 Å². The highest BCUT2D eigenvalue weighted by molar-refractivity contribution is 5.84. The van der Waals surface area contributed by atoms with Crippen molar-refractivity contribution in [3.63, 3.8) is 0 Å². The Hall–Kier alpha value is -1.65. The number of para-hydroxylation sites is 1. The van der Waals surface area contributed by atoms with Crippen molar-refractivity contribution in [2.75, 3.05) is 31.6 Å². The lowest BCUT2D eigenvalue weighted by Gasteiger charge is -2.45. The highest BCUT2D eigenvalue weighted by Gasteiger charge is 2.31. The molecule has 0 atom stereocenters. The second-order valence-corrected chi connectivity index (χ2v) is 6.52. The number of anilines is 1. The molecule has 21 heavy (non-hydrogen) atoms. The van der Waals surface area contributed by atoms with E-state index in [4.69, 9.17) is 10.7 Å². The first-order valence-electron chi connectivity index (χ1n) is 7.56. The smallest absolute Gasteiger partial charge is 0.129 e. The van der Waals surface area contributed by atoms with Crippen LogP contribution in [0.2, 0.25) is 0 Å². The average Bonchev–Trinajstić information content (AvgIpc) is 2.48. The fraction of sp³-hybridized carbons (Fsp3) is 0.471. The molecule has 2 heterocycles. The fourth-order valence-corrected chi connectivity index (χ4v) is 3.00. The number of benzene rings is 1. The second kappa shape index (κ2) is 5.28. The van der Waals surface area contributed by atoms with Gasteiger partial charge in [-0.25, -0.2) is 4.98 Å². The number of nitrogens with zero attached hydrogens (tertiary/aromatic N) is 3. The minimum Gasteiger partial charge on any atom is -0.353 e. The molecule has 0 amide bonds. The van der Waals surface area contributed by atoms with Gasteiger partial charge in [-0.1, -0.05) is 18.2 Å². The molecule has 1 aliphatic heterocycles. The molecule has 0 bridgehead atoms. The van der Waals surface area contributed by atoms with Crippen molar-refractivity contribution in [2.24, 2.45) is 5.73 Å². The van der Waals surface area contributed by atoms with E-state index in [-0.39, 0.29) is 5.54 Å². The molecule has 0 aliphatic carbocycles. The number of fused-ring (bicyclic) bond motifs is 1. The van der Waals surface area contributed by atoms with E-state index < -0.39 is 0 Å². The SMILES string of the molecule is CN1CCN(c2cc(CN)c3ccccc3n2)CC1(C)C. The number of hydrogen-bond acceptors (Lipinski definition) is 4. The Morgan fingerprint density at radius 2 is 2.00 bits per heavy atom. The quantitative estimate of drug-likeness (QED) is 0.918. The molecule has 1 saturated heterocycles. The van der Waals surface area contributed by atoms with Crippen molar-refractivity contribution in [3.05, 3.63) is 35.9 Å². The van der Waals surface area contributed by atoms with Gasteiger partial charge >= 0.3 is 0 Å². The number of piperazine rings is 1. The van der Waals surface area contributed by atoms with Crippen molar-refractivity contribution in [3.8, 4) is 0 Å². The molecule has 2 aromatic rings. The van der Waals surface area contributed by atoms with Gasteiger partial charge in [-0.3, -0.25) is 4.90 Å².